The van der Waals surface area contributed by atoms with Gasteiger partial charge in [0.25, 0.3) is 0 Å². The lowest BCUT2D eigenvalue weighted by molar-refractivity contribution is 0.0697. The zero-order chi connectivity index (χ0) is 31.9. The second-order valence-corrected chi connectivity index (χ2v) is 11.6. The molecule has 1 unspecified atom stereocenters. The third-order valence-corrected chi connectivity index (χ3v) is 8.01. The first-order chi connectivity index (χ1) is 21.5. The van der Waals surface area contributed by atoms with E-state index in [1.54, 1.807) is 18.2 Å². The number of fused-ring (bicyclic) bond motifs is 1. The fraction of sp³-hybridized carbons (Fsp3) is 0.235. The van der Waals surface area contributed by atoms with Crippen LogP contribution in [0.25, 0.3) is 22.3 Å². The van der Waals surface area contributed by atoms with E-state index in [2.05, 4.69) is 4.98 Å². The lowest BCUT2D eigenvalue weighted by atomic mass is 9.87. The van der Waals surface area contributed by atoms with Crippen LogP contribution in [-0.4, -0.2) is 38.8 Å². The van der Waals surface area contributed by atoms with Gasteiger partial charge in [0.05, 0.1) is 53.2 Å². The minimum absolute atomic E-state index is 0.0561. The quantitative estimate of drug-likeness (QED) is 0.204. The Labute approximate surface area is 256 Å². The maximum atomic E-state index is 15.6. The molecule has 2 aromatic heterocycles. The molecule has 228 valence electrons. The van der Waals surface area contributed by atoms with E-state index in [4.69, 9.17) is 19.7 Å². The molecule has 11 heteroatoms. The fourth-order valence-corrected chi connectivity index (χ4v) is 5.55. The summed E-state index contributed by atoms with van der Waals surface area (Å²) in [6, 6.07) is 17.0. The average molecular weight is 613 g/mol. The highest BCUT2D eigenvalue weighted by Crippen LogP contribution is 2.40. The highest BCUT2D eigenvalue weighted by molar-refractivity contribution is 5.92. The lowest BCUT2D eigenvalue weighted by Crippen LogP contribution is -2.27. The molecule has 0 aliphatic carbocycles. The number of aromatic carboxylic acids is 1. The van der Waals surface area contributed by atoms with E-state index in [0.29, 0.717) is 30.1 Å². The number of carbonyl (C=O) groups is 1. The topological polar surface area (TPSA) is 110 Å². The minimum atomic E-state index is -1.08. The summed E-state index contributed by atoms with van der Waals surface area (Å²) in [5, 5.41) is 18.5. The van der Waals surface area contributed by atoms with Gasteiger partial charge in [-0.25, -0.2) is 27.9 Å². The van der Waals surface area contributed by atoms with E-state index in [9.17, 15) is 14.3 Å². The summed E-state index contributed by atoms with van der Waals surface area (Å²) in [6.45, 7) is 4.72. The van der Waals surface area contributed by atoms with Crippen molar-refractivity contribution in [1.29, 1.82) is 5.26 Å². The Morgan fingerprint density at radius 2 is 1.84 bits per heavy atom. The van der Waals surface area contributed by atoms with Crippen LogP contribution in [0, 0.1) is 34.2 Å². The van der Waals surface area contributed by atoms with Crippen LogP contribution >= 0.6 is 0 Å². The number of carboxylic acid groups (broad SMARTS) is 1. The summed E-state index contributed by atoms with van der Waals surface area (Å²) in [5.74, 6) is -2.54. The molecule has 0 radical (unpaired) electrons. The van der Waals surface area contributed by atoms with Gasteiger partial charge < -0.3 is 19.1 Å². The number of ether oxygens (including phenoxy) is 2. The Bertz CT molecular complexity index is 2000. The molecule has 1 aliphatic heterocycles. The molecular weight excluding hydrogens is 585 g/mol. The third kappa shape index (κ3) is 5.84. The first-order valence-corrected chi connectivity index (χ1v) is 14.1. The molecule has 5 aromatic rings. The molecule has 3 heterocycles. The van der Waals surface area contributed by atoms with Gasteiger partial charge in [-0.15, -0.1) is 0 Å². The Kier molecular flexibility index (Phi) is 7.76. The van der Waals surface area contributed by atoms with Gasteiger partial charge in [0.2, 0.25) is 5.88 Å². The number of halogens is 3. The zero-order valence-electron chi connectivity index (χ0n) is 24.4. The normalized spacial score (nSPS) is 15.7. The molecule has 0 saturated carbocycles. The van der Waals surface area contributed by atoms with Crippen LogP contribution in [0.5, 0.6) is 5.88 Å². The molecule has 0 bridgehead atoms. The van der Waals surface area contributed by atoms with Gasteiger partial charge >= 0.3 is 5.97 Å². The van der Waals surface area contributed by atoms with Crippen molar-refractivity contribution in [3.63, 3.8) is 0 Å². The van der Waals surface area contributed by atoms with Crippen molar-refractivity contribution < 1.29 is 32.5 Å². The Hall–Kier alpha value is -5.21. The van der Waals surface area contributed by atoms with Crippen LogP contribution in [0.2, 0.25) is 0 Å². The van der Waals surface area contributed by atoms with Crippen LogP contribution < -0.4 is 4.74 Å². The second kappa shape index (κ2) is 11.7. The summed E-state index contributed by atoms with van der Waals surface area (Å²) in [5.41, 5.74) is 1.37. The van der Waals surface area contributed by atoms with Crippen molar-refractivity contribution >= 4 is 17.0 Å². The molecule has 1 saturated heterocycles. The van der Waals surface area contributed by atoms with Gasteiger partial charge in [0.15, 0.2) is 0 Å². The van der Waals surface area contributed by atoms with Gasteiger partial charge in [-0.2, -0.15) is 5.26 Å². The predicted octanol–water partition coefficient (Wildman–Crippen LogP) is 6.85. The number of hydrogen-bond donors (Lipinski definition) is 1. The van der Waals surface area contributed by atoms with Crippen LogP contribution in [0.4, 0.5) is 13.2 Å². The minimum Gasteiger partial charge on any atom is -0.478 e. The number of imidazole rings is 1. The highest BCUT2D eigenvalue weighted by atomic mass is 19.1. The number of benzene rings is 3. The molecule has 1 atom stereocenters. The number of hydrogen-bond acceptors (Lipinski definition) is 6. The smallest absolute Gasteiger partial charge is 0.335 e. The molecule has 0 amide bonds. The van der Waals surface area contributed by atoms with Crippen molar-refractivity contribution in [3.05, 3.63) is 112 Å². The van der Waals surface area contributed by atoms with Gasteiger partial charge in [-0.1, -0.05) is 26.0 Å². The second-order valence-electron chi connectivity index (χ2n) is 11.6. The zero-order valence-corrected chi connectivity index (χ0v) is 24.4. The number of carboxylic acids is 1. The number of nitrogens with zero attached hydrogens (tertiary/aromatic N) is 4. The van der Waals surface area contributed by atoms with Crippen LogP contribution in [0.3, 0.4) is 0 Å². The monoisotopic (exact) mass is 612 g/mol. The molecule has 0 spiro atoms. The summed E-state index contributed by atoms with van der Waals surface area (Å²) in [4.78, 5) is 20.7. The molecule has 3 aromatic carbocycles. The number of rotatable bonds is 8. The van der Waals surface area contributed by atoms with E-state index in [1.165, 1.54) is 30.3 Å². The lowest BCUT2D eigenvalue weighted by Gasteiger charge is -2.28. The SMILES string of the molecule is CC1(C)COCC1n1c(Cc2cc(F)c(-c3cccc(OCc4ccc(C#N)cc4F)n3)cc2F)nc2ccc(C(=O)O)cc21. The molecule has 8 nitrogen and oxygen atoms in total. The average Bonchev–Trinajstić information content (AvgIpc) is 3.55. The number of nitriles is 1. The van der Waals surface area contributed by atoms with Crippen LogP contribution in [0.15, 0.2) is 66.7 Å². The molecule has 6 rings (SSSR count). The van der Waals surface area contributed by atoms with E-state index >= 15 is 8.78 Å². The van der Waals surface area contributed by atoms with E-state index in [0.717, 1.165) is 18.2 Å². The van der Waals surface area contributed by atoms with Crippen LogP contribution in [0.1, 0.15) is 52.8 Å². The van der Waals surface area contributed by atoms with Gasteiger partial charge in [-0.05, 0) is 54.1 Å². The molecule has 1 N–H and O–H groups in total. The molecule has 1 fully saturated rings. The first kappa shape index (κ1) is 29.8. The van der Waals surface area contributed by atoms with E-state index < -0.39 is 23.4 Å². The van der Waals surface area contributed by atoms with Crippen molar-refractivity contribution in [2.75, 3.05) is 13.2 Å². The van der Waals surface area contributed by atoms with Crippen molar-refractivity contribution in [2.45, 2.75) is 32.9 Å². The largest absolute Gasteiger partial charge is 0.478 e. The summed E-state index contributed by atoms with van der Waals surface area (Å²) >= 11 is 0. The van der Waals surface area contributed by atoms with E-state index in [1.807, 2.05) is 24.5 Å². The van der Waals surface area contributed by atoms with Crippen molar-refractivity contribution in [1.82, 2.24) is 14.5 Å². The molecule has 45 heavy (non-hydrogen) atoms. The van der Waals surface area contributed by atoms with Gasteiger partial charge in [0, 0.05) is 29.0 Å². The maximum Gasteiger partial charge on any atom is 0.335 e. The van der Waals surface area contributed by atoms with Crippen molar-refractivity contribution in [2.24, 2.45) is 5.41 Å². The number of pyridine rings is 1. The number of aromatic nitrogens is 3. The summed E-state index contributed by atoms with van der Waals surface area (Å²) < 4.78 is 58.7. The van der Waals surface area contributed by atoms with Gasteiger partial charge in [-0.3, -0.25) is 0 Å². The fourth-order valence-electron chi connectivity index (χ4n) is 5.55. The van der Waals surface area contributed by atoms with E-state index in [-0.39, 0.29) is 63.9 Å². The summed E-state index contributed by atoms with van der Waals surface area (Å²) in [7, 11) is 0. The Balaban J connectivity index is 1.30. The molecule has 1 aliphatic rings. The first-order valence-electron chi connectivity index (χ1n) is 14.1. The van der Waals surface area contributed by atoms with Crippen molar-refractivity contribution in [3.8, 4) is 23.2 Å². The summed E-state index contributed by atoms with van der Waals surface area (Å²) in [6.07, 6.45) is -0.0561. The van der Waals surface area contributed by atoms with Crippen LogP contribution in [-0.2, 0) is 17.8 Å². The Morgan fingerprint density at radius 3 is 2.56 bits per heavy atom. The standard InChI is InChI=1S/C34H27F3N4O4/c1-34(2)18-44-17-30(34)41-29-12-20(33(42)43)8-9-28(29)39-31(41)13-22-11-26(37)23(14-25(22)36)27-4-3-5-32(40-27)45-16-21-7-6-19(15-38)10-24(21)35/h3-12,14,30H,13,16-18H2,1-2H3,(H,42,43). The maximum absolute atomic E-state index is 15.6. The third-order valence-electron chi connectivity index (χ3n) is 8.01. The molecular formula is C34H27F3N4O4. The Morgan fingerprint density at radius 1 is 1.04 bits per heavy atom. The van der Waals surface area contributed by atoms with Gasteiger partial charge in [0.1, 0.15) is 29.9 Å². The highest BCUT2D eigenvalue weighted by Gasteiger charge is 2.39. The predicted molar refractivity (Wildman–Crippen MR) is 158 cm³/mol.